The van der Waals surface area contributed by atoms with Crippen LogP contribution in [-0.4, -0.2) is 21.8 Å². The van der Waals surface area contributed by atoms with Crippen LogP contribution < -0.4 is 0 Å². The average molecular weight is 308 g/mol. The van der Waals surface area contributed by atoms with Crippen molar-refractivity contribution >= 4 is 33.6 Å². The first-order valence-corrected chi connectivity index (χ1v) is 7.92. The first kappa shape index (κ1) is 13.3. The van der Waals surface area contributed by atoms with Gasteiger partial charge in [0.05, 0.1) is 16.3 Å². The van der Waals surface area contributed by atoms with Gasteiger partial charge in [0.25, 0.3) is 5.91 Å². The second kappa shape index (κ2) is 5.34. The fourth-order valence-electron chi connectivity index (χ4n) is 2.01. The third kappa shape index (κ3) is 2.73. The SMILES string of the molecule is O=C(c1ccc([N+](=O)[O-])s1)N(Cc1cccs1)C1CC1. The Kier molecular flexibility index (Phi) is 3.54. The molecule has 0 atom stereocenters. The van der Waals surface area contributed by atoms with E-state index in [-0.39, 0.29) is 17.0 Å². The molecule has 2 aromatic heterocycles. The summed E-state index contributed by atoms with van der Waals surface area (Å²) in [5.74, 6) is -0.0981. The number of rotatable bonds is 5. The molecule has 1 saturated carbocycles. The average Bonchev–Trinajstić information content (AvgIpc) is 2.95. The predicted molar refractivity (Wildman–Crippen MR) is 78.2 cm³/mol. The molecule has 0 spiro atoms. The molecule has 104 valence electrons. The van der Waals surface area contributed by atoms with E-state index in [4.69, 9.17) is 0 Å². The highest BCUT2D eigenvalue weighted by atomic mass is 32.1. The normalized spacial score (nSPS) is 14.2. The molecule has 0 unspecified atom stereocenters. The molecule has 0 aliphatic heterocycles. The van der Waals surface area contributed by atoms with E-state index in [2.05, 4.69) is 0 Å². The quantitative estimate of drug-likeness (QED) is 0.627. The summed E-state index contributed by atoms with van der Waals surface area (Å²) in [6.07, 6.45) is 2.04. The maximum absolute atomic E-state index is 12.5. The van der Waals surface area contributed by atoms with Crippen LogP contribution in [0.5, 0.6) is 0 Å². The number of hydrogen-bond acceptors (Lipinski definition) is 5. The fraction of sp³-hybridized carbons (Fsp3) is 0.308. The molecule has 20 heavy (non-hydrogen) atoms. The Morgan fingerprint density at radius 1 is 1.40 bits per heavy atom. The molecule has 1 aliphatic rings. The zero-order chi connectivity index (χ0) is 14.1. The van der Waals surface area contributed by atoms with Crippen LogP contribution in [0.4, 0.5) is 5.00 Å². The standard InChI is InChI=1S/C13H12N2O3S2/c16-13(11-5-6-12(20-11)15(17)18)14(9-3-4-9)8-10-2-1-7-19-10/h1-2,5-7,9H,3-4,8H2. The zero-order valence-electron chi connectivity index (χ0n) is 10.5. The molecule has 2 heterocycles. The Hall–Kier alpha value is -1.73. The first-order chi connectivity index (χ1) is 9.65. The lowest BCUT2D eigenvalue weighted by molar-refractivity contribution is -0.380. The Morgan fingerprint density at radius 2 is 2.20 bits per heavy atom. The Bertz CT molecular complexity index is 632. The Morgan fingerprint density at radius 3 is 2.75 bits per heavy atom. The molecule has 0 N–H and O–H groups in total. The highest BCUT2D eigenvalue weighted by Crippen LogP contribution is 2.33. The zero-order valence-corrected chi connectivity index (χ0v) is 12.2. The number of carbonyl (C=O) groups is 1. The van der Waals surface area contributed by atoms with Crippen LogP contribution in [0, 0.1) is 10.1 Å². The van der Waals surface area contributed by atoms with E-state index in [0.717, 1.165) is 29.1 Å². The van der Waals surface area contributed by atoms with E-state index in [9.17, 15) is 14.9 Å². The Labute approximate surface area is 123 Å². The molecule has 2 aromatic rings. The number of nitro groups is 1. The summed E-state index contributed by atoms with van der Waals surface area (Å²) in [5.41, 5.74) is 0. The maximum Gasteiger partial charge on any atom is 0.324 e. The van der Waals surface area contributed by atoms with Crippen LogP contribution in [0.25, 0.3) is 0 Å². The van der Waals surface area contributed by atoms with Crippen LogP contribution in [-0.2, 0) is 6.54 Å². The van der Waals surface area contributed by atoms with Crippen LogP contribution in [0.2, 0.25) is 0 Å². The smallest absolute Gasteiger partial charge is 0.324 e. The van der Waals surface area contributed by atoms with Gasteiger partial charge in [-0.2, -0.15) is 0 Å². The summed E-state index contributed by atoms with van der Waals surface area (Å²) >= 11 is 2.57. The van der Waals surface area contributed by atoms with Crippen molar-refractivity contribution in [2.24, 2.45) is 0 Å². The van der Waals surface area contributed by atoms with E-state index >= 15 is 0 Å². The lowest BCUT2D eigenvalue weighted by Gasteiger charge is -2.20. The minimum Gasteiger partial charge on any atom is -0.330 e. The fourth-order valence-corrected chi connectivity index (χ4v) is 3.48. The van der Waals surface area contributed by atoms with Crippen molar-refractivity contribution < 1.29 is 9.72 Å². The molecule has 0 radical (unpaired) electrons. The topological polar surface area (TPSA) is 63.4 Å². The minimum atomic E-state index is -0.456. The van der Waals surface area contributed by atoms with Crippen molar-refractivity contribution in [1.29, 1.82) is 0 Å². The summed E-state index contributed by atoms with van der Waals surface area (Å²) in [4.78, 5) is 26.2. The lowest BCUT2D eigenvalue weighted by Crippen LogP contribution is -2.31. The van der Waals surface area contributed by atoms with E-state index in [1.54, 1.807) is 17.4 Å². The van der Waals surface area contributed by atoms with Gasteiger partial charge in [-0.3, -0.25) is 14.9 Å². The van der Waals surface area contributed by atoms with Crippen LogP contribution in [0.15, 0.2) is 29.6 Å². The number of thiophene rings is 2. The van der Waals surface area contributed by atoms with Crippen LogP contribution >= 0.6 is 22.7 Å². The van der Waals surface area contributed by atoms with Crippen molar-refractivity contribution in [3.8, 4) is 0 Å². The minimum absolute atomic E-state index is 0.0141. The molecule has 5 nitrogen and oxygen atoms in total. The summed E-state index contributed by atoms with van der Waals surface area (Å²) < 4.78 is 0. The van der Waals surface area contributed by atoms with Gasteiger partial charge in [-0.05, 0) is 30.4 Å². The van der Waals surface area contributed by atoms with E-state index in [1.807, 2.05) is 22.4 Å². The third-order valence-corrected chi connectivity index (χ3v) is 5.02. The number of amides is 1. The van der Waals surface area contributed by atoms with E-state index < -0.39 is 4.92 Å². The van der Waals surface area contributed by atoms with Crippen molar-refractivity contribution in [3.05, 3.63) is 49.5 Å². The van der Waals surface area contributed by atoms with E-state index in [0.29, 0.717) is 11.4 Å². The second-order valence-electron chi connectivity index (χ2n) is 4.64. The molecule has 1 fully saturated rings. The summed E-state index contributed by atoms with van der Waals surface area (Å²) in [7, 11) is 0. The summed E-state index contributed by atoms with van der Waals surface area (Å²) in [6, 6.07) is 7.20. The largest absolute Gasteiger partial charge is 0.330 e. The number of nitrogens with zero attached hydrogens (tertiary/aromatic N) is 2. The maximum atomic E-state index is 12.5. The molecule has 7 heteroatoms. The molecule has 0 aromatic carbocycles. The van der Waals surface area contributed by atoms with Crippen molar-refractivity contribution in [1.82, 2.24) is 4.90 Å². The van der Waals surface area contributed by atoms with Gasteiger partial charge in [0, 0.05) is 17.0 Å². The van der Waals surface area contributed by atoms with Gasteiger partial charge in [-0.1, -0.05) is 17.4 Å². The highest BCUT2D eigenvalue weighted by molar-refractivity contribution is 7.17. The van der Waals surface area contributed by atoms with Gasteiger partial charge in [-0.15, -0.1) is 11.3 Å². The summed E-state index contributed by atoms with van der Waals surface area (Å²) in [6.45, 7) is 0.590. The molecule has 1 aliphatic carbocycles. The van der Waals surface area contributed by atoms with Crippen molar-refractivity contribution in [2.75, 3.05) is 0 Å². The third-order valence-electron chi connectivity index (χ3n) is 3.14. The van der Waals surface area contributed by atoms with Gasteiger partial charge in [0.2, 0.25) is 0 Å². The van der Waals surface area contributed by atoms with E-state index in [1.165, 1.54) is 6.07 Å². The second-order valence-corrected chi connectivity index (χ2v) is 6.73. The lowest BCUT2D eigenvalue weighted by atomic mass is 10.3. The monoisotopic (exact) mass is 308 g/mol. The number of hydrogen-bond donors (Lipinski definition) is 0. The first-order valence-electron chi connectivity index (χ1n) is 6.23. The summed E-state index contributed by atoms with van der Waals surface area (Å²) in [5, 5.41) is 12.7. The van der Waals surface area contributed by atoms with Crippen LogP contribution in [0.3, 0.4) is 0 Å². The van der Waals surface area contributed by atoms with Gasteiger partial charge >= 0.3 is 5.00 Å². The molecular formula is C13H12N2O3S2. The number of carbonyl (C=O) groups excluding carboxylic acids is 1. The van der Waals surface area contributed by atoms with Gasteiger partial charge in [0.1, 0.15) is 0 Å². The van der Waals surface area contributed by atoms with Crippen LogP contribution in [0.1, 0.15) is 27.4 Å². The molecule has 0 saturated heterocycles. The molecular weight excluding hydrogens is 296 g/mol. The Balaban J connectivity index is 1.79. The molecule has 3 rings (SSSR count). The van der Waals surface area contributed by atoms with Gasteiger partial charge in [-0.25, -0.2) is 0 Å². The van der Waals surface area contributed by atoms with Gasteiger partial charge < -0.3 is 4.90 Å². The predicted octanol–water partition coefficient (Wildman–Crippen LogP) is 3.52. The molecule has 1 amide bonds. The highest BCUT2D eigenvalue weighted by Gasteiger charge is 2.34. The van der Waals surface area contributed by atoms with Gasteiger partial charge in [0.15, 0.2) is 0 Å². The molecule has 0 bridgehead atoms. The van der Waals surface area contributed by atoms with Crippen molar-refractivity contribution in [3.63, 3.8) is 0 Å². The van der Waals surface area contributed by atoms with Crippen molar-refractivity contribution in [2.45, 2.75) is 25.4 Å².